The number of carbonyl (C=O) groups is 3. The molecule has 2 aliphatic rings. The van der Waals surface area contributed by atoms with E-state index in [0.29, 0.717) is 25.9 Å². The normalized spacial score (nSPS) is 19.4. The summed E-state index contributed by atoms with van der Waals surface area (Å²) in [5.41, 5.74) is 4.10. The molecule has 2 saturated heterocycles. The summed E-state index contributed by atoms with van der Waals surface area (Å²) in [6.07, 6.45) is 2.04. The van der Waals surface area contributed by atoms with Crippen molar-refractivity contribution < 1.29 is 24.2 Å². The highest BCUT2D eigenvalue weighted by Crippen LogP contribution is 2.43. The number of cyclic esters (lactones) is 1. The minimum atomic E-state index is -0.431. The number of piperidine rings is 1. The van der Waals surface area contributed by atoms with Gasteiger partial charge >= 0.3 is 5.97 Å². The molecule has 1 N–H and O–H groups in total. The van der Waals surface area contributed by atoms with Gasteiger partial charge in [-0.1, -0.05) is 11.6 Å². The number of likely N-dealkylation sites (tertiary alicyclic amines) is 1. The second kappa shape index (κ2) is 9.87. The number of aryl methyl sites for hydroxylation is 2. The predicted octanol–water partition coefficient (Wildman–Crippen LogP) is 2.96. The van der Waals surface area contributed by atoms with Crippen LogP contribution in [-0.4, -0.2) is 78.1 Å². The highest BCUT2D eigenvalue weighted by atomic mass is 16.6. The van der Waals surface area contributed by atoms with Gasteiger partial charge in [-0.25, -0.2) is 0 Å². The van der Waals surface area contributed by atoms with Crippen molar-refractivity contribution in [2.75, 3.05) is 33.7 Å². The van der Waals surface area contributed by atoms with E-state index in [1.165, 1.54) is 0 Å². The highest BCUT2D eigenvalue weighted by Gasteiger charge is 2.51. The van der Waals surface area contributed by atoms with Crippen LogP contribution in [0.2, 0.25) is 0 Å². The molecule has 1 atom stereocenters. The van der Waals surface area contributed by atoms with Crippen molar-refractivity contribution in [3.05, 3.63) is 40.6 Å². The summed E-state index contributed by atoms with van der Waals surface area (Å²) >= 11 is 0. The van der Waals surface area contributed by atoms with Crippen LogP contribution in [0.15, 0.2) is 18.2 Å². The number of carbonyl (C=O) groups excluding carboxylic acids is 2. The summed E-state index contributed by atoms with van der Waals surface area (Å²) in [5, 5.41) is 7.80. The smallest absolute Gasteiger partial charge is 0.312 e. The molecular weight excluding hydrogens is 422 g/mol. The molecule has 4 rings (SSSR count). The van der Waals surface area contributed by atoms with E-state index in [1.54, 1.807) is 0 Å². The van der Waals surface area contributed by atoms with Gasteiger partial charge in [0.15, 0.2) is 0 Å². The molecule has 3 heterocycles. The van der Waals surface area contributed by atoms with Crippen LogP contribution in [0, 0.1) is 26.2 Å². The van der Waals surface area contributed by atoms with Crippen LogP contribution in [0.4, 0.5) is 0 Å². The first-order valence-corrected chi connectivity index (χ1v) is 11.2. The van der Waals surface area contributed by atoms with Crippen LogP contribution in [0.5, 0.6) is 0 Å². The summed E-state index contributed by atoms with van der Waals surface area (Å²) < 4.78 is 5.66. The van der Waals surface area contributed by atoms with Crippen LogP contribution >= 0.6 is 0 Å². The molecule has 8 nitrogen and oxygen atoms in total. The number of amides is 1. The standard InChI is InChI=1S/C24H31N3O3.CH2O2/c1-15-6-7-20-19(12-15)21(16(2)17(3)25-20)22(28)27-10-8-24(9-11-27)13-18(14-26(4)5)30-23(24)29;2-1-3/h6-7,12,18H,8-11,13-14H2,1-5H3;1H,(H,2,3). The van der Waals surface area contributed by atoms with Gasteiger partial charge in [0.25, 0.3) is 12.4 Å². The van der Waals surface area contributed by atoms with Gasteiger partial charge in [0.1, 0.15) is 6.10 Å². The number of rotatable bonds is 3. The Bertz CT molecular complexity index is 1060. The van der Waals surface area contributed by atoms with Crippen LogP contribution < -0.4 is 0 Å². The molecule has 178 valence electrons. The third kappa shape index (κ3) is 5.00. The van der Waals surface area contributed by atoms with Crippen molar-refractivity contribution in [1.29, 1.82) is 0 Å². The molecule has 1 spiro atoms. The van der Waals surface area contributed by atoms with E-state index in [9.17, 15) is 9.59 Å². The van der Waals surface area contributed by atoms with Crippen molar-refractivity contribution in [2.24, 2.45) is 5.41 Å². The molecule has 2 fully saturated rings. The fourth-order valence-corrected chi connectivity index (χ4v) is 4.92. The van der Waals surface area contributed by atoms with Crippen LogP contribution in [-0.2, 0) is 14.3 Å². The maximum absolute atomic E-state index is 13.6. The van der Waals surface area contributed by atoms with E-state index < -0.39 is 5.41 Å². The molecule has 2 aliphatic heterocycles. The number of benzene rings is 1. The number of nitrogens with zero attached hydrogens (tertiary/aromatic N) is 3. The number of fused-ring (bicyclic) bond motifs is 1. The van der Waals surface area contributed by atoms with Crippen molar-refractivity contribution in [3.63, 3.8) is 0 Å². The van der Waals surface area contributed by atoms with Crippen molar-refractivity contribution in [2.45, 2.75) is 46.1 Å². The molecule has 1 amide bonds. The number of ether oxygens (including phenoxy) is 1. The SMILES string of the molecule is Cc1ccc2nc(C)c(C)c(C(=O)N3CCC4(CC3)CC(CN(C)C)OC4=O)c2c1.O=CO. The number of esters is 1. The Morgan fingerprint density at radius 3 is 2.52 bits per heavy atom. The number of pyridine rings is 1. The summed E-state index contributed by atoms with van der Waals surface area (Å²) in [6, 6.07) is 6.06. The Kier molecular flexibility index (Phi) is 7.37. The predicted molar refractivity (Wildman–Crippen MR) is 125 cm³/mol. The van der Waals surface area contributed by atoms with Crippen LogP contribution in [0.3, 0.4) is 0 Å². The summed E-state index contributed by atoms with van der Waals surface area (Å²) in [6.45, 7) is 7.62. The Morgan fingerprint density at radius 1 is 1.27 bits per heavy atom. The lowest BCUT2D eigenvalue weighted by atomic mass is 9.76. The third-order valence-electron chi connectivity index (χ3n) is 6.74. The maximum Gasteiger partial charge on any atom is 0.312 e. The molecule has 1 aromatic carbocycles. The Labute approximate surface area is 194 Å². The van der Waals surface area contributed by atoms with Crippen molar-refractivity contribution in [3.8, 4) is 0 Å². The molecule has 33 heavy (non-hydrogen) atoms. The Morgan fingerprint density at radius 2 is 1.91 bits per heavy atom. The van der Waals surface area contributed by atoms with E-state index in [0.717, 1.165) is 46.3 Å². The molecule has 1 aromatic heterocycles. The Balaban J connectivity index is 0.000000968. The lowest BCUT2D eigenvalue weighted by Gasteiger charge is -2.37. The van der Waals surface area contributed by atoms with Gasteiger partial charge in [0.05, 0.1) is 16.5 Å². The van der Waals surface area contributed by atoms with Gasteiger partial charge < -0.3 is 19.6 Å². The fourth-order valence-electron chi connectivity index (χ4n) is 4.92. The van der Waals surface area contributed by atoms with Gasteiger partial charge in [-0.15, -0.1) is 0 Å². The lowest BCUT2D eigenvalue weighted by molar-refractivity contribution is -0.150. The van der Waals surface area contributed by atoms with Crippen molar-refractivity contribution >= 4 is 29.3 Å². The van der Waals surface area contributed by atoms with Crippen LogP contribution in [0.1, 0.15) is 46.4 Å². The first-order valence-electron chi connectivity index (χ1n) is 11.2. The zero-order chi connectivity index (χ0) is 24.3. The summed E-state index contributed by atoms with van der Waals surface area (Å²) in [5.74, 6) is -0.0434. The quantitative estimate of drug-likeness (QED) is 0.561. The summed E-state index contributed by atoms with van der Waals surface area (Å²) in [7, 11) is 3.98. The van der Waals surface area contributed by atoms with Gasteiger partial charge in [0, 0.05) is 37.1 Å². The summed E-state index contributed by atoms with van der Waals surface area (Å²) in [4.78, 5) is 43.2. The first-order chi connectivity index (χ1) is 15.6. The fraction of sp³-hybridized carbons (Fsp3) is 0.520. The van der Waals surface area contributed by atoms with E-state index in [2.05, 4.69) is 9.88 Å². The number of aromatic nitrogens is 1. The average Bonchev–Trinajstić information content (AvgIpc) is 3.03. The van der Waals surface area contributed by atoms with Gasteiger partial charge in [0.2, 0.25) is 0 Å². The number of carboxylic acid groups (broad SMARTS) is 1. The Hall–Kier alpha value is -3.00. The monoisotopic (exact) mass is 455 g/mol. The molecule has 1 unspecified atom stereocenters. The molecule has 0 aliphatic carbocycles. The average molecular weight is 456 g/mol. The number of hydrogen-bond donors (Lipinski definition) is 1. The highest BCUT2D eigenvalue weighted by molar-refractivity contribution is 6.07. The van der Waals surface area contributed by atoms with Gasteiger partial charge in [-0.2, -0.15) is 0 Å². The number of likely N-dealkylation sites (N-methyl/N-ethyl adjacent to an activating group) is 1. The zero-order valence-corrected chi connectivity index (χ0v) is 20.1. The molecule has 0 radical (unpaired) electrons. The largest absolute Gasteiger partial charge is 0.483 e. The minimum absolute atomic E-state index is 0.0413. The van der Waals surface area contributed by atoms with Gasteiger partial charge in [-0.3, -0.25) is 19.4 Å². The van der Waals surface area contributed by atoms with E-state index in [-0.39, 0.29) is 24.5 Å². The first kappa shape index (κ1) is 24.6. The topological polar surface area (TPSA) is 100 Å². The minimum Gasteiger partial charge on any atom is -0.483 e. The van der Waals surface area contributed by atoms with Crippen LogP contribution in [0.25, 0.3) is 10.9 Å². The molecular formula is C25H33N3O5. The second-order valence-corrected chi connectivity index (χ2v) is 9.39. The lowest BCUT2D eigenvalue weighted by Crippen LogP contribution is -2.45. The second-order valence-electron chi connectivity index (χ2n) is 9.39. The van der Waals surface area contributed by atoms with E-state index >= 15 is 0 Å². The van der Waals surface area contributed by atoms with E-state index in [1.807, 2.05) is 58.0 Å². The van der Waals surface area contributed by atoms with Crippen molar-refractivity contribution in [1.82, 2.24) is 14.8 Å². The maximum atomic E-state index is 13.6. The molecule has 8 heteroatoms. The number of hydrogen-bond acceptors (Lipinski definition) is 6. The molecule has 0 bridgehead atoms. The zero-order valence-electron chi connectivity index (χ0n) is 20.1. The molecule has 0 saturated carbocycles. The van der Waals surface area contributed by atoms with Gasteiger partial charge in [-0.05, 0) is 65.4 Å². The molecule has 2 aromatic rings. The van der Waals surface area contributed by atoms with E-state index in [4.69, 9.17) is 14.6 Å². The third-order valence-corrected chi connectivity index (χ3v) is 6.74.